The summed E-state index contributed by atoms with van der Waals surface area (Å²) in [4.78, 5) is 55.0. The minimum Gasteiger partial charge on any atom is -0.465 e. The molecule has 10 nitrogen and oxygen atoms in total. The van der Waals surface area contributed by atoms with E-state index in [2.05, 4.69) is 9.97 Å². The van der Waals surface area contributed by atoms with Crippen molar-refractivity contribution in [2.45, 2.75) is 27.1 Å². The monoisotopic (exact) mass is 416 g/mol. The standard InChI is InChI=1S/C20H20N2O8/c1-11(23)29-9-15-5-13(19(25)27-3)7-17(21-15)18-8-14(20(26)28-4)6-16(22-18)10-30-12(2)24/h5-8H,9-10H2,1-4H3. The molecular weight excluding hydrogens is 396 g/mol. The van der Waals surface area contributed by atoms with Crippen LogP contribution in [0.25, 0.3) is 11.4 Å². The van der Waals surface area contributed by atoms with Crippen LogP contribution < -0.4 is 0 Å². The largest absolute Gasteiger partial charge is 0.465 e. The molecule has 0 saturated carbocycles. The summed E-state index contributed by atoms with van der Waals surface area (Å²) in [6.45, 7) is 2.13. The molecule has 0 saturated heterocycles. The summed E-state index contributed by atoms with van der Waals surface area (Å²) in [5.41, 5.74) is 1.28. The Bertz CT molecular complexity index is 907. The molecule has 30 heavy (non-hydrogen) atoms. The molecule has 0 aromatic carbocycles. The number of esters is 4. The number of carbonyl (C=O) groups is 4. The van der Waals surface area contributed by atoms with Crippen LogP contribution in [0, 0.1) is 0 Å². The van der Waals surface area contributed by atoms with Gasteiger partial charge in [0.05, 0.1) is 48.1 Å². The summed E-state index contributed by atoms with van der Waals surface area (Å²) in [7, 11) is 2.45. The van der Waals surface area contributed by atoms with E-state index in [4.69, 9.17) is 18.9 Å². The first kappa shape index (κ1) is 22.5. The molecule has 0 fully saturated rings. The second-order valence-corrected chi connectivity index (χ2v) is 6.01. The van der Waals surface area contributed by atoms with Crippen molar-refractivity contribution in [1.29, 1.82) is 0 Å². The molecular formula is C20H20N2O8. The topological polar surface area (TPSA) is 131 Å². The van der Waals surface area contributed by atoms with Gasteiger partial charge in [-0.15, -0.1) is 0 Å². The average Bonchev–Trinajstić information content (AvgIpc) is 2.74. The van der Waals surface area contributed by atoms with Gasteiger partial charge in [-0.25, -0.2) is 19.6 Å². The maximum atomic E-state index is 12.0. The van der Waals surface area contributed by atoms with Gasteiger partial charge in [0.15, 0.2) is 0 Å². The number of hydrogen-bond acceptors (Lipinski definition) is 10. The Morgan fingerprint density at radius 1 is 0.700 bits per heavy atom. The van der Waals surface area contributed by atoms with Gasteiger partial charge in [0.2, 0.25) is 0 Å². The number of methoxy groups -OCH3 is 2. The molecule has 0 aliphatic rings. The van der Waals surface area contributed by atoms with Gasteiger partial charge in [-0.3, -0.25) is 9.59 Å². The van der Waals surface area contributed by atoms with Gasteiger partial charge in [0.1, 0.15) is 13.2 Å². The average molecular weight is 416 g/mol. The third-order valence-corrected chi connectivity index (χ3v) is 3.71. The van der Waals surface area contributed by atoms with Crippen molar-refractivity contribution in [2.24, 2.45) is 0 Å². The SMILES string of the molecule is COC(=O)c1cc(COC(C)=O)nc(-c2cc(C(=O)OC)cc(COC(C)=O)n2)c1. The van der Waals surface area contributed by atoms with Gasteiger partial charge in [-0.2, -0.15) is 0 Å². The lowest BCUT2D eigenvalue weighted by Gasteiger charge is -2.11. The van der Waals surface area contributed by atoms with E-state index < -0.39 is 23.9 Å². The highest BCUT2D eigenvalue weighted by atomic mass is 16.5. The van der Waals surface area contributed by atoms with Crippen LogP contribution in [0.3, 0.4) is 0 Å². The van der Waals surface area contributed by atoms with Crippen molar-refractivity contribution in [3.05, 3.63) is 46.8 Å². The highest BCUT2D eigenvalue weighted by molar-refractivity contribution is 5.92. The fourth-order valence-electron chi connectivity index (χ4n) is 2.41. The molecule has 2 aromatic rings. The molecule has 2 heterocycles. The van der Waals surface area contributed by atoms with E-state index >= 15 is 0 Å². The van der Waals surface area contributed by atoms with Crippen LogP contribution in [0.5, 0.6) is 0 Å². The first-order chi connectivity index (χ1) is 14.2. The quantitative estimate of drug-likeness (QED) is 0.486. The molecule has 158 valence electrons. The zero-order valence-electron chi connectivity index (χ0n) is 16.9. The molecule has 0 radical (unpaired) electrons. The normalized spacial score (nSPS) is 10.1. The fraction of sp³-hybridized carbons (Fsp3) is 0.300. The van der Waals surface area contributed by atoms with Crippen LogP contribution >= 0.6 is 0 Å². The second-order valence-electron chi connectivity index (χ2n) is 6.01. The van der Waals surface area contributed by atoms with E-state index in [1.807, 2.05) is 0 Å². The summed E-state index contributed by atoms with van der Waals surface area (Å²) in [6.07, 6.45) is 0. The molecule has 0 aliphatic heterocycles. The lowest BCUT2D eigenvalue weighted by atomic mass is 10.1. The second kappa shape index (κ2) is 10.1. The lowest BCUT2D eigenvalue weighted by Crippen LogP contribution is -2.09. The summed E-state index contributed by atoms with van der Waals surface area (Å²) in [6, 6.07) is 5.68. The summed E-state index contributed by atoms with van der Waals surface area (Å²) in [5, 5.41) is 0. The Labute approximate surface area is 172 Å². The highest BCUT2D eigenvalue weighted by Gasteiger charge is 2.17. The zero-order chi connectivity index (χ0) is 22.3. The molecule has 0 spiro atoms. The Balaban J connectivity index is 2.58. The van der Waals surface area contributed by atoms with Crippen LogP contribution in [-0.2, 0) is 41.8 Å². The van der Waals surface area contributed by atoms with Gasteiger partial charge in [0, 0.05) is 13.8 Å². The Hall–Kier alpha value is -3.82. The molecule has 0 amide bonds. The van der Waals surface area contributed by atoms with Crippen molar-refractivity contribution in [3.63, 3.8) is 0 Å². The van der Waals surface area contributed by atoms with Gasteiger partial charge in [-0.05, 0) is 24.3 Å². The number of nitrogens with zero attached hydrogens (tertiary/aromatic N) is 2. The predicted octanol–water partition coefficient (Wildman–Crippen LogP) is 1.84. The predicted molar refractivity (Wildman–Crippen MR) is 101 cm³/mol. The third-order valence-electron chi connectivity index (χ3n) is 3.71. The molecule has 0 N–H and O–H groups in total. The van der Waals surface area contributed by atoms with Crippen molar-refractivity contribution in [3.8, 4) is 11.4 Å². The maximum absolute atomic E-state index is 12.0. The van der Waals surface area contributed by atoms with Crippen molar-refractivity contribution in [2.75, 3.05) is 14.2 Å². The van der Waals surface area contributed by atoms with Gasteiger partial charge < -0.3 is 18.9 Å². The van der Waals surface area contributed by atoms with Crippen LogP contribution in [0.4, 0.5) is 0 Å². The van der Waals surface area contributed by atoms with E-state index in [-0.39, 0.29) is 47.1 Å². The van der Waals surface area contributed by atoms with E-state index in [0.717, 1.165) is 0 Å². The van der Waals surface area contributed by atoms with Crippen molar-refractivity contribution < 1.29 is 38.1 Å². The number of pyridine rings is 2. The smallest absolute Gasteiger partial charge is 0.337 e. The molecule has 0 bridgehead atoms. The molecule has 0 unspecified atom stereocenters. The van der Waals surface area contributed by atoms with Gasteiger partial charge >= 0.3 is 23.9 Å². The maximum Gasteiger partial charge on any atom is 0.337 e. The molecule has 10 heteroatoms. The van der Waals surface area contributed by atoms with Crippen LogP contribution in [0.1, 0.15) is 46.0 Å². The lowest BCUT2D eigenvalue weighted by molar-refractivity contribution is -0.143. The number of ether oxygens (including phenoxy) is 4. The molecule has 2 aromatic heterocycles. The van der Waals surface area contributed by atoms with E-state index in [1.54, 1.807) is 0 Å². The van der Waals surface area contributed by atoms with E-state index in [9.17, 15) is 19.2 Å². The highest BCUT2D eigenvalue weighted by Crippen LogP contribution is 2.22. The number of aromatic nitrogens is 2. The third kappa shape index (κ3) is 6.09. The molecule has 0 atom stereocenters. The minimum absolute atomic E-state index is 0.149. The van der Waals surface area contributed by atoms with E-state index in [0.29, 0.717) is 0 Å². The zero-order valence-corrected chi connectivity index (χ0v) is 16.9. The van der Waals surface area contributed by atoms with Crippen LogP contribution in [-0.4, -0.2) is 48.1 Å². The number of carbonyl (C=O) groups excluding carboxylic acids is 4. The Morgan fingerprint density at radius 3 is 1.37 bits per heavy atom. The summed E-state index contributed by atoms with van der Waals surface area (Å²) >= 11 is 0. The van der Waals surface area contributed by atoms with Crippen molar-refractivity contribution in [1.82, 2.24) is 9.97 Å². The number of rotatable bonds is 7. The first-order valence-electron chi connectivity index (χ1n) is 8.69. The van der Waals surface area contributed by atoms with Crippen LogP contribution in [0.15, 0.2) is 24.3 Å². The minimum atomic E-state index is -0.632. The van der Waals surface area contributed by atoms with Gasteiger partial charge in [-0.1, -0.05) is 0 Å². The molecule has 2 rings (SSSR count). The molecule has 0 aliphatic carbocycles. The summed E-state index contributed by atoms with van der Waals surface area (Å²) in [5.74, 6) is -2.30. The van der Waals surface area contributed by atoms with Crippen LogP contribution in [0.2, 0.25) is 0 Å². The van der Waals surface area contributed by atoms with E-state index in [1.165, 1.54) is 52.3 Å². The van der Waals surface area contributed by atoms with Crippen molar-refractivity contribution >= 4 is 23.9 Å². The fourth-order valence-corrected chi connectivity index (χ4v) is 2.41. The number of hydrogen-bond donors (Lipinski definition) is 0. The first-order valence-corrected chi connectivity index (χ1v) is 8.69. The Kier molecular flexibility index (Phi) is 7.56. The van der Waals surface area contributed by atoms with Gasteiger partial charge in [0.25, 0.3) is 0 Å². The summed E-state index contributed by atoms with van der Waals surface area (Å²) < 4.78 is 19.4. The Morgan fingerprint density at radius 2 is 1.07 bits per heavy atom.